The number of halogens is 2. The van der Waals surface area contributed by atoms with E-state index in [4.69, 9.17) is 10.5 Å². The molecule has 2 fully saturated rings. The molecule has 0 radical (unpaired) electrons. The van der Waals surface area contributed by atoms with Crippen molar-refractivity contribution in [3.05, 3.63) is 119 Å². The third-order valence-corrected chi connectivity index (χ3v) is 9.17. The van der Waals surface area contributed by atoms with Crippen molar-refractivity contribution in [2.24, 2.45) is 5.92 Å². The number of rotatable bonds is 6. The van der Waals surface area contributed by atoms with Crippen LogP contribution in [-0.4, -0.2) is 49.8 Å². The van der Waals surface area contributed by atoms with E-state index in [1.54, 1.807) is 4.90 Å². The molecule has 3 atom stereocenters. The van der Waals surface area contributed by atoms with Gasteiger partial charge in [0.05, 0.1) is 12.1 Å². The number of anilines is 1. The third-order valence-electron chi connectivity index (χ3n) is 9.17. The van der Waals surface area contributed by atoms with Crippen molar-refractivity contribution in [1.82, 2.24) is 14.5 Å². The number of aliphatic hydroxyl groups is 1. The lowest BCUT2D eigenvalue weighted by molar-refractivity contribution is -0.142. The smallest absolute Gasteiger partial charge is 0.280 e. The number of amides is 1. The molecule has 2 aliphatic rings. The fraction of sp³-hybridized carbons (Fsp3) is 0.324. The molecule has 6 rings (SSSR count). The number of hydrogen-bond acceptors (Lipinski definition) is 6. The van der Waals surface area contributed by atoms with Gasteiger partial charge in [-0.3, -0.25) is 14.2 Å². The number of carbonyl (C=O) groups is 1. The number of alkyl halides is 1. The first-order chi connectivity index (χ1) is 22.6. The largest absolute Gasteiger partial charge is 0.437 e. The highest BCUT2D eigenvalue weighted by Crippen LogP contribution is 2.45. The second-order valence-electron chi connectivity index (χ2n) is 12.4. The van der Waals surface area contributed by atoms with Gasteiger partial charge in [0, 0.05) is 31.0 Å². The molecule has 1 aromatic heterocycles. The van der Waals surface area contributed by atoms with Gasteiger partial charge in [-0.2, -0.15) is 0 Å². The van der Waals surface area contributed by atoms with E-state index >= 15 is 4.39 Å². The number of nitrogens with two attached hydrogens (primary N) is 1. The monoisotopic (exact) mass is 638 g/mol. The van der Waals surface area contributed by atoms with Crippen LogP contribution < -0.4 is 16.0 Å². The van der Waals surface area contributed by atoms with Crippen molar-refractivity contribution in [1.29, 1.82) is 0 Å². The molecule has 47 heavy (non-hydrogen) atoms. The molecule has 8 nitrogen and oxygen atoms in total. The molecule has 1 saturated carbocycles. The first-order valence-electron chi connectivity index (χ1n) is 15.7. The van der Waals surface area contributed by atoms with Crippen molar-refractivity contribution in [3.8, 4) is 23.5 Å². The fourth-order valence-electron chi connectivity index (χ4n) is 6.50. The molecule has 1 aliphatic heterocycles. The minimum Gasteiger partial charge on any atom is -0.437 e. The summed E-state index contributed by atoms with van der Waals surface area (Å²) in [6, 6.07) is 24.1. The Labute approximate surface area is 271 Å². The van der Waals surface area contributed by atoms with Crippen LogP contribution in [0.5, 0.6) is 11.6 Å². The van der Waals surface area contributed by atoms with Gasteiger partial charge in [0.2, 0.25) is 11.8 Å². The zero-order chi connectivity index (χ0) is 33.0. The lowest BCUT2D eigenvalue weighted by Crippen LogP contribution is -2.52. The Balaban J connectivity index is 1.12. The highest BCUT2D eigenvalue weighted by Gasteiger charge is 2.46. The van der Waals surface area contributed by atoms with E-state index in [9.17, 15) is 19.1 Å². The van der Waals surface area contributed by atoms with E-state index in [1.165, 1.54) is 35.2 Å². The van der Waals surface area contributed by atoms with Gasteiger partial charge < -0.3 is 20.5 Å². The summed E-state index contributed by atoms with van der Waals surface area (Å²) in [7, 11) is 0. The number of hydrogen-bond donors (Lipinski definition) is 2. The van der Waals surface area contributed by atoms with Crippen LogP contribution in [-0.2, 0) is 11.3 Å². The number of carbonyl (C=O) groups excluding carboxylic acids is 1. The van der Waals surface area contributed by atoms with Crippen molar-refractivity contribution in [3.63, 3.8) is 0 Å². The van der Waals surface area contributed by atoms with Crippen LogP contribution in [0.15, 0.2) is 96.1 Å². The standard InChI is InChI=1S/C37H36F2N4O4/c38-28-11-13-29(14-12-28)47-33-32(40)35(45)43(25-41-33)24-37(46)19-21-42(22-20-37)34(44)30-16-18-36(39,17-15-26-7-3-1-4-8-26)23-31(30)27-9-5-2-6-10-27/h1-14,25,30-31,46H,16,18-24,40H2/t30-,31+,36-/m1/s1. The van der Waals surface area contributed by atoms with Gasteiger partial charge in [-0.25, -0.2) is 13.8 Å². The summed E-state index contributed by atoms with van der Waals surface area (Å²) in [4.78, 5) is 32.9. The predicted octanol–water partition coefficient (Wildman–Crippen LogP) is 5.45. The number of likely N-dealkylation sites (tertiary alicyclic amines) is 1. The fourth-order valence-corrected chi connectivity index (χ4v) is 6.50. The summed E-state index contributed by atoms with van der Waals surface area (Å²) in [6.07, 6.45) is 2.34. The molecular formula is C37H36F2N4O4. The van der Waals surface area contributed by atoms with E-state index in [-0.39, 0.29) is 74.5 Å². The number of piperidine rings is 1. The van der Waals surface area contributed by atoms with Crippen molar-refractivity contribution < 1.29 is 23.4 Å². The van der Waals surface area contributed by atoms with Gasteiger partial charge in [0.15, 0.2) is 11.4 Å². The van der Waals surface area contributed by atoms with E-state index in [0.717, 1.165) is 11.1 Å². The van der Waals surface area contributed by atoms with Crippen LogP contribution in [0.1, 0.15) is 49.1 Å². The zero-order valence-corrected chi connectivity index (χ0v) is 25.8. The topological polar surface area (TPSA) is 111 Å². The van der Waals surface area contributed by atoms with Gasteiger partial charge in [0.1, 0.15) is 17.9 Å². The van der Waals surface area contributed by atoms with E-state index in [1.807, 2.05) is 60.7 Å². The molecular weight excluding hydrogens is 602 g/mol. The van der Waals surface area contributed by atoms with Gasteiger partial charge in [-0.1, -0.05) is 60.4 Å². The average Bonchev–Trinajstić information content (AvgIpc) is 3.09. The van der Waals surface area contributed by atoms with E-state index in [2.05, 4.69) is 16.8 Å². The Hall–Kier alpha value is -5.01. The highest BCUT2D eigenvalue weighted by molar-refractivity contribution is 5.80. The molecule has 2 heterocycles. The van der Waals surface area contributed by atoms with Crippen LogP contribution in [0.25, 0.3) is 0 Å². The number of nitrogen functional groups attached to an aromatic ring is 1. The molecule has 1 aliphatic carbocycles. The maximum absolute atomic E-state index is 16.2. The maximum atomic E-state index is 16.2. The van der Waals surface area contributed by atoms with Crippen molar-refractivity contribution in [2.45, 2.75) is 55.8 Å². The first kappa shape index (κ1) is 32.0. The summed E-state index contributed by atoms with van der Waals surface area (Å²) in [6.45, 7) is 0.499. The molecule has 0 unspecified atom stereocenters. The molecule has 242 valence electrons. The second kappa shape index (κ2) is 13.4. The quantitative estimate of drug-likeness (QED) is 0.272. The van der Waals surface area contributed by atoms with Crippen LogP contribution in [0.4, 0.5) is 14.5 Å². The zero-order valence-electron chi connectivity index (χ0n) is 25.8. The maximum Gasteiger partial charge on any atom is 0.280 e. The van der Waals surface area contributed by atoms with Gasteiger partial charge in [-0.05, 0) is 73.6 Å². The lowest BCUT2D eigenvalue weighted by Gasteiger charge is -2.43. The SMILES string of the molecule is Nc1c(Oc2ccc(F)cc2)ncn(CC2(O)CCN(C(=O)[C@@H]3CC[C@](F)(C#Cc4ccccc4)C[C@H]3c3ccccc3)CC2)c1=O. The Bertz CT molecular complexity index is 1830. The Morgan fingerprint density at radius 3 is 2.34 bits per heavy atom. The van der Waals surface area contributed by atoms with Gasteiger partial charge in [-0.15, -0.1) is 0 Å². The molecule has 0 spiro atoms. The second-order valence-corrected chi connectivity index (χ2v) is 12.4. The molecule has 4 aromatic rings. The highest BCUT2D eigenvalue weighted by atomic mass is 19.1. The summed E-state index contributed by atoms with van der Waals surface area (Å²) < 4.78 is 36.2. The number of benzene rings is 3. The van der Waals surface area contributed by atoms with Crippen molar-refractivity contribution in [2.75, 3.05) is 18.8 Å². The van der Waals surface area contributed by atoms with E-state index < -0.39 is 28.6 Å². The van der Waals surface area contributed by atoms with Gasteiger partial charge in [0.25, 0.3) is 5.56 Å². The molecule has 3 N–H and O–H groups in total. The Morgan fingerprint density at radius 2 is 1.66 bits per heavy atom. The third kappa shape index (κ3) is 7.36. The van der Waals surface area contributed by atoms with E-state index in [0.29, 0.717) is 6.42 Å². The summed E-state index contributed by atoms with van der Waals surface area (Å²) in [5.74, 6) is 4.73. The Kier molecular flexibility index (Phi) is 9.10. The van der Waals surface area contributed by atoms with Gasteiger partial charge >= 0.3 is 0 Å². The number of nitrogens with zero attached hydrogens (tertiary/aromatic N) is 3. The minimum atomic E-state index is -1.72. The summed E-state index contributed by atoms with van der Waals surface area (Å²) in [5, 5.41) is 11.4. The summed E-state index contributed by atoms with van der Waals surface area (Å²) in [5.41, 5.74) is 3.84. The van der Waals surface area contributed by atoms with Crippen LogP contribution in [0.3, 0.4) is 0 Å². The van der Waals surface area contributed by atoms with Crippen LogP contribution in [0.2, 0.25) is 0 Å². The molecule has 3 aromatic carbocycles. The Morgan fingerprint density at radius 1 is 1.00 bits per heavy atom. The summed E-state index contributed by atoms with van der Waals surface area (Å²) >= 11 is 0. The normalized spacial score (nSPS) is 22.1. The molecule has 0 bridgehead atoms. The predicted molar refractivity (Wildman–Crippen MR) is 174 cm³/mol. The average molecular weight is 639 g/mol. The lowest BCUT2D eigenvalue weighted by atomic mass is 9.69. The molecule has 1 amide bonds. The van der Waals surface area contributed by atoms with Crippen LogP contribution in [0, 0.1) is 23.6 Å². The number of aromatic nitrogens is 2. The number of ether oxygens (including phenoxy) is 1. The molecule has 1 saturated heterocycles. The minimum absolute atomic E-state index is 0.0654. The molecule has 10 heteroatoms. The first-order valence-corrected chi connectivity index (χ1v) is 15.7. The van der Waals surface area contributed by atoms with Crippen LogP contribution >= 0.6 is 0 Å². The van der Waals surface area contributed by atoms with Crippen molar-refractivity contribution >= 4 is 11.6 Å².